The van der Waals surface area contributed by atoms with E-state index in [2.05, 4.69) is 10.3 Å². The lowest BCUT2D eigenvalue weighted by molar-refractivity contribution is 0.102. The van der Waals surface area contributed by atoms with Gasteiger partial charge < -0.3 is 5.32 Å². The lowest BCUT2D eigenvalue weighted by Crippen LogP contribution is -2.14. The van der Waals surface area contributed by atoms with Gasteiger partial charge in [-0.05, 0) is 24.3 Å². The van der Waals surface area contributed by atoms with E-state index in [1.807, 2.05) is 6.07 Å². The molecule has 0 radical (unpaired) electrons. The van der Waals surface area contributed by atoms with Crippen LogP contribution >= 0.6 is 23.2 Å². The molecular weight excluding hydrogens is 285 g/mol. The molecule has 2 aromatic rings. The van der Waals surface area contributed by atoms with Gasteiger partial charge in [-0.1, -0.05) is 29.3 Å². The van der Waals surface area contributed by atoms with Crippen LogP contribution in [-0.2, 0) is 0 Å². The van der Waals surface area contributed by atoms with Crippen molar-refractivity contribution in [3.8, 4) is 6.07 Å². The number of benzene rings is 1. The summed E-state index contributed by atoms with van der Waals surface area (Å²) >= 11 is 11.9. The van der Waals surface area contributed by atoms with Crippen LogP contribution in [0.15, 0.2) is 36.5 Å². The number of hydrogen-bond donors (Lipinski definition) is 1. The fourth-order valence-electron chi connectivity index (χ4n) is 1.39. The Hall–Kier alpha value is -2.09. The van der Waals surface area contributed by atoms with Crippen LogP contribution in [0.4, 0.5) is 5.69 Å². The van der Waals surface area contributed by atoms with Crippen LogP contribution in [0.1, 0.15) is 16.1 Å². The summed E-state index contributed by atoms with van der Waals surface area (Å²) in [5, 5.41) is 11.9. The molecule has 0 aliphatic rings. The number of carbonyl (C=O) groups is 1. The van der Waals surface area contributed by atoms with E-state index in [0.717, 1.165) is 0 Å². The number of pyridine rings is 1. The van der Waals surface area contributed by atoms with Crippen LogP contribution in [0.5, 0.6) is 0 Å². The maximum Gasteiger partial charge on any atom is 0.274 e. The van der Waals surface area contributed by atoms with Crippen molar-refractivity contribution < 1.29 is 4.79 Å². The van der Waals surface area contributed by atoms with Crippen molar-refractivity contribution >= 4 is 34.8 Å². The zero-order valence-electron chi connectivity index (χ0n) is 9.52. The Morgan fingerprint density at radius 2 is 1.89 bits per heavy atom. The second kappa shape index (κ2) is 5.70. The molecule has 1 aromatic carbocycles. The molecule has 2 rings (SSSR count). The quantitative estimate of drug-likeness (QED) is 0.921. The maximum absolute atomic E-state index is 11.9. The van der Waals surface area contributed by atoms with Crippen molar-refractivity contribution in [3.63, 3.8) is 0 Å². The molecule has 0 aliphatic carbocycles. The largest absolute Gasteiger partial charge is 0.318 e. The molecule has 0 aliphatic heterocycles. The van der Waals surface area contributed by atoms with Crippen LogP contribution in [0.2, 0.25) is 10.0 Å². The molecule has 4 nitrogen and oxygen atoms in total. The third kappa shape index (κ3) is 3.02. The Labute approximate surface area is 119 Å². The van der Waals surface area contributed by atoms with Crippen molar-refractivity contribution in [1.29, 1.82) is 5.26 Å². The molecule has 1 aromatic heterocycles. The normalized spacial score (nSPS) is 9.74. The molecule has 19 heavy (non-hydrogen) atoms. The summed E-state index contributed by atoms with van der Waals surface area (Å²) in [6, 6.07) is 9.81. The van der Waals surface area contributed by atoms with E-state index in [4.69, 9.17) is 28.5 Å². The van der Waals surface area contributed by atoms with E-state index >= 15 is 0 Å². The Kier molecular flexibility index (Phi) is 4.00. The van der Waals surface area contributed by atoms with Crippen LogP contribution in [-0.4, -0.2) is 10.9 Å². The molecule has 0 saturated heterocycles. The number of anilines is 1. The molecular formula is C13H7Cl2N3O. The molecule has 1 amide bonds. The highest BCUT2D eigenvalue weighted by Crippen LogP contribution is 2.29. The van der Waals surface area contributed by atoms with Gasteiger partial charge in [0.2, 0.25) is 0 Å². The summed E-state index contributed by atoms with van der Waals surface area (Å²) in [5.74, 6) is -0.445. The molecule has 0 unspecified atom stereocenters. The highest BCUT2D eigenvalue weighted by molar-refractivity contribution is 6.39. The first-order valence-corrected chi connectivity index (χ1v) is 5.99. The fourth-order valence-corrected chi connectivity index (χ4v) is 1.88. The topological polar surface area (TPSA) is 65.8 Å². The first kappa shape index (κ1) is 13.3. The Bertz CT molecular complexity index is 642. The highest BCUT2D eigenvalue weighted by Gasteiger charge is 2.12. The van der Waals surface area contributed by atoms with E-state index in [9.17, 15) is 4.79 Å². The van der Waals surface area contributed by atoms with E-state index in [-0.39, 0.29) is 5.69 Å². The third-order valence-electron chi connectivity index (χ3n) is 2.33. The Balaban J connectivity index is 2.23. The van der Waals surface area contributed by atoms with Gasteiger partial charge in [-0.3, -0.25) is 4.79 Å². The smallest absolute Gasteiger partial charge is 0.274 e. The molecule has 0 fully saturated rings. The number of hydrogen-bond acceptors (Lipinski definition) is 3. The van der Waals surface area contributed by atoms with Gasteiger partial charge in [-0.25, -0.2) is 4.98 Å². The first-order valence-electron chi connectivity index (χ1n) is 5.23. The van der Waals surface area contributed by atoms with Crippen molar-refractivity contribution in [1.82, 2.24) is 4.98 Å². The van der Waals surface area contributed by atoms with Crippen molar-refractivity contribution in [2.45, 2.75) is 0 Å². The fraction of sp³-hybridized carbons (Fsp3) is 0. The van der Waals surface area contributed by atoms with E-state index in [0.29, 0.717) is 21.3 Å². The zero-order valence-corrected chi connectivity index (χ0v) is 11.0. The summed E-state index contributed by atoms with van der Waals surface area (Å²) < 4.78 is 0. The average Bonchev–Trinajstić information content (AvgIpc) is 2.43. The van der Waals surface area contributed by atoms with Gasteiger partial charge in [0.05, 0.1) is 21.3 Å². The second-order valence-corrected chi connectivity index (χ2v) is 4.41. The number of nitrogens with one attached hydrogen (secondary N) is 1. The lowest BCUT2D eigenvalue weighted by atomic mass is 10.2. The van der Waals surface area contributed by atoms with Gasteiger partial charge in [0.1, 0.15) is 11.8 Å². The molecule has 0 spiro atoms. The standard InChI is InChI=1S/C13H7Cl2N3O/c14-9-2-1-3-10(15)12(9)18-13(19)11-5-4-8(6-16)7-17-11/h1-5,7H,(H,18,19). The number of rotatable bonds is 2. The number of nitriles is 1. The van der Waals surface area contributed by atoms with Crippen molar-refractivity contribution in [2.75, 3.05) is 5.32 Å². The molecule has 1 heterocycles. The highest BCUT2D eigenvalue weighted by atomic mass is 35.5. The summed E-state index contributed by atoms with van der Waals surface area (Å²) in [6.45, 7) is 0. The van der Waals surface area contributed by atoms with E-state index < -0.39 is 5.91 Å². The van der Waals surface area contributed by atoms with Crippen molar-refractivity contribution in [3.05, 3.63) is 57.8 Å². The number of carbonyl (C=O) groups excluding carboxylic acids is 1. The van der Waals surface area contributed by atoms with Crippen LogP contribution in [0, 0.1) is 11.3 Å². The molecule has 6 heteroatoms. The number of amides is 1. The van der Waals surface area contributed by atoms with Crippen LogP contribution in [0.3, 0.4) is 0 Å². The van der Waals surface area contributed by atoms with Gasteiger partial charge in [-0.2, -0.15) is 5.26 Å². The number of aromatic nitrogens is 1. The van der Waals surface area contributed by atoms with E-state index in [1.165, 1.54) is 18.3 Å². The molecule has 1 N–H and O–H groups in total. The predicted octanol–water partition coefficient (Wildman–Crippen LogP) is 3.51. The van der Waals surface area contributed by atoms with Gasteiger partial charge in [0.25, 0.3) is 5.91 Å². The monoisotopic (exact) mass is 291 g/mol. The summed E-state index contributed by atoms with van der Waals surface area (Å²) in [5.41, 5.74) is 0.893. The molecule has 0 bridgehead atoms. The summed E-state index contributed by atoms with van der Waals surface area (Å²) in [7, 11) is 0. The molecule has 0 saturated carbocycles. The minimum absolute atomic E-state index is 0.176. The first-order chi connectivity index (χ1) is 9.11. The van der Waals surface area contributed by atoms with Gasteiger partial charge in [0, 0.05) is 6.20 Å². The zero-order chi connectivity index (χ0) is 13.8. The maximum atomic E-state index is 11.9. The van der Waals surface area contributed by atoms with Gasteiger partial charge in [-0.15, -0.1) is 0 Å². The van der Waals surface area contributed by atoms with Gasteiger partial charge in [0.15, 0.2) is 0 Å². The number of nitrogens with zero attached hydrogens (tertiary/aromatic N) is 2. The number of halogens is 2. The van der Waals surface area contributed by atoms with E-state index in [1.54, 1.807) is 18.2 Å². The summed E-state index contributed by atoms with van der Waals surface area (Å²) in [6.07, 6.45) is 1.32. The average molecular weight is 292 g/mol. The minimum atomic E-state index is -0.445. The van der Waals surface area contributed by atoms with Crippen LogP contribution < -0.4 is 5.32 Å². The Morgan fingerprint density at radius 1 is 1.21 bits per heavy atom. The van der Waals surface area contributed by atoms with Gasteiger partial charge >= 0.3 is 0 Å². The minimum Gasteiger partial charge on any atom is -0.318 e. The Morgan fingerprint density at radius 3 is 2.42 bits per heavy atom. The summed E-state index contributed by atoms with van der Waals surface area (Å²) in [4.78, 5) is 15.8. The molecule has 0 atom stereocenters. The lowest BCUT2D eigenvalue weighted by Gasteiger charge is -2.08. The third-order valence-corrected chi connectivity index (χ3v) is 2.96. The molecule has 94 valence electrons. The SMILES string of the molecule is N#Cc1ccc(C(=O)Nc2c(Cl)cccc2Cl)nc1. The second-order valence-electron chi connectivity index (χ2n) is 3.59. The predicted molar refractivity (Wildman–Crippen MR) is 73.4 cm³/mol. The number of para-hydroxylation sites is 1. The van der Waals surface area contributed by atoms with Crippen LogP contribution in [0.25, 0.3) is 0 Å². The van der Waals surface area contributed by atoms with Crippen molar-refractivity contribution in [2.24, 2.45) is 0 Å².